The first kappa shape index (κ1) is 9.98. The highest BCUT2D eigenvalue weighted by molar-refractivity contribution is 7.09. The molecule has 0 amide bonds. The molecule has 0 aliphatic heterocycles. The Hall–Kier alpha value is -1.10. The lowest BCUT2D eigenvalue weighted by Crippen LogP contribution is -2.32. The summed E-state index contributed by atoms with van der Waals surface area (Å²) in [4.78, 5) is 9.27. The van der Waals surface area contributed by atoms with Crippen molar-refractivity contribution in [3.05, 3.63) is 16.1 Å². The number of rotatable bonds is 3. The van der Waals surface area contributed by atoms with Crippen molar-refractivity contribution in [1.82, 2.24) is 10.3 Å². The minimum atomic E-state index is 0.488. The van der Waals surface area contributed by atoms with E-state index in [9.17, 15) is 0 Å². The van der Waals surface area contributed by atoms with E-state index in [2.05, 4.69) is 15.3 Å². The van der Waals surface area contributed by atoms with Gasteiger partial charge in [0.15, 0.2) is 5.96 Å². The van der Waals surface area contributed by atoms with E-state index >= 15 is 0 Å². The first-order chi connectivity index (χ1) is 6.24. The molecule has 0 radical (unpaired) electrons. The molecule has 0 unspecified atom stereocenters. The topological polar surface area (TPSA) is 63.3 Å². The molecule has 0 saturated carbocycles. The van der Waals surface area contributed by atoms with Gasteiger partial charge in [0, 0.05) is 24.9 Å². The highest BCUT2D eigenvalue weighted by Crippen LogP contribution is 2.11. The van der Waals surface area contributed by atoms with Crippen LogP contribution in [0.1, 0.15) is 10.6 Å². The van der Waals surface area contributed by atoms with Crippen LogP contribution in [0.15, 0.2) is 10.5 Å². The van der Waals surface area contributed by atoms with E-state index in [0.717, 1.165) is 18.7 Å². The van der Waals surface area contributed by atoms with Crippen LogP contribution in [-0.2, 0) is 6.42 Å². The molecule has 0 bridgehead atoms. The summed E-state index contributed by atoms with van der Waals surface area (Å²) in [7, 11) is 1.67. The predicted octanol–water partition coefficient (Wildman–Crippen LogP) is 0.528. The normalized spacial score (nSPS) is 11.7. The molecule has 0 aromatic carbocycles. The second-order valence-corrected chi connectivity index (χ2v) is 3.59. The van der Waals surface area contributed by atoms with E-state index in [4.69, 9.17) is 5.73 Å². The van der Waals surface area contributed by atoms with Crippen molar-refractivity contribution < 1.29 is 0 Å². The molecule has 1 aromatic heterocycles. The van der Waals surface area contributed by atoms with Gasteiger partial charge in [0.2, 0.25) is 0 Å². The number of aryl methyl sites for hydroxylation is 1. The average Bonchev–Trinajstić information content (AvgIpc) is 2.52. The van der Waals surface area contributed by atoms with Crippen LogP contribution in [0.4, 0.5) is 0 Å². The Balaban J connectivity index is 2.32. The van der Waals surface area contributed by atoms with Crippen molar-refractivity contribution in [3.8, 4) is 0 Å². The van der Waals surface area contributed by atoms with E-state index < -0.39 is 0 Å². The first-order valence-electron chi connectivity index (χ1n) is 4.09. The summed E-state index contributed by atoms with van der Waals surface area (Å²) in [5.41, 5.74) is 8.45. The lowest BCUT2D eigenvalue weighted by atomic mass is 10.3. The number of aliphatic imine (C=N–C) groups is 1. The summed E-state index contributed by atoms with van der Waals surface area (Å²) in [6.07, 6.45) is 0.951. The molecule has 0 aliphatic carbocycles. The molecule has 0 spiro atoms. The largest absolute Gasteiger partial charge is 0.370 e. The summed E-state index contributed by atoms with van der Waals surface area (Å²) in [5, 5.41) is 3.00. The summed E-state index contributed by atoms with van der Waals surface area (Å²) in [6.45, 7) is 2.83. The maximum atomic E-state index is 5.48. The zero-order valence-corrected chi connectivity index (χ0v) is 8.69. The average molecular weight is 198 g/mol. The Morgan fingerprint density at radius 3 is 3.08 bits per heavy atom. The van der Waals surface area contributed by atoms with Gasteiger partial charge in [-0.2, -0.15) is 0 Å². The molecule has 1 rings (SSSR count). The maximum absolute atomic E-state index is 5.48. The number of nitrogens with zero attached hydrogens (tertiary/aromatic N) is 2. The van der Waals surface area contributed by atoms with Crippen molar-refractivity contribution in [2.75, 3.05) is 13.6 Å². The zero-order chi connectivity index (χ0) is 9.68. The standard InChI is InChI=1S/C8H14N4S/c1-6-7(13-5-12-6)3-4-11-8(9)10-2/h5H,3-4H2,1-2H3,(H3,9,10,11). The van der Waals surface area contributed by atoms with E-state index in [1.165, 1.54) is 4.88 Å². The molecule has 72 valence electrons. The van der Waals surface area contributed by atoms with Crippen LogP contribution in [0.5, 0.6) is 0 Å². The van der Waals surface area contributed by atoms with Crippen LogP contribution in [0.3, 0.4) is 0 Å². The van der Waals surface area contributed by atoms with Crippen molar-refractivity contribution in [3.63, 3.8) is 0 Å². The molecule has 0 fully saturated rings. The third-order valence-electron chi connectivity index (χ3n) is 1.74. The highest BCUT2D eigenvalue weighted by Gasteiger charge is 2.00. The van der Waals surface area contributed by atoms with Gasteiger partial charge in [0.1, 0.15) is 0 Å². The molecule has 13 heavy (non-hydrogen) atoms. The molecule has 5 heteroatoms. The van der Waals surface area contributed by atoms with Crippen molar-refractivity contribution >= 4 is 17.3 Å². The van der Waals surface area contributed by atoms with Crippen LogP contribution in [0.2, 0.25) is 0 Å². The van der Waals surface area contributed by atoms with Gasteiger partial charge in [-0.05, 0) is 6.92 Å². The fraction of sp³-hybridized carbons (Fsp3) is 0.500. The molecular weight excluding hydrogens is 184 g/mol. The van der Waals surface area contributed by atoms with Gasteiger partial charge in [0.05, 0.1) is 11.2 Å². The van der Waals surface area contributed by atoms with E-state index in [1.54, 1.807) is 18.4 Å². The van der Waals surface area contributed by atoms with E-state index in [0.29, 0.717) is 5.96 Å². The Labute approximate surface area is 81.9 Å². The number of thiazole rings is 1. The summed E-state index contributed by atoms with van der Waals surface area (Å²) >= 11 is 1.68. The molecule has 3 N–H and O–H groups in total. The minimum Gasteiger partial charge on any atom is -0.370 e. The van der Waals surface area contributed by atoms with Crippen molar-refractivity contribution in [1.29, 1.82) is 0 Å². The van der Waals surface area contributed by atoms with Gasteiger partial charge in [-0.3, -0.25) is 4.99 Å². The lowest BCUT2D eigenvalue weighted by molar-refractivity contribution is 0.860. The second-order valence-electron chi connectivity index (χ2n) is 2.65. The minimum absolute atomic E-state index is 0.488. The van der Waals surface area contributed by atoms with E-state index in [1.807, 2.05) is 12.4 Å². The van der Waals surface area contributed by atoms with Gasteiger partial charge in [-0.15, -0.1) is 11.3 Å². The molecule has 4 nitrogen and oxygen atoms in total. The zero-order valence-electron chi connectivity index (χ0n) is 7.87. The number of nitrogens with two attached hydrogens (primary N) is 1. The first-order valence-corrected chi connectivity index (χ1v) is 4.97. The van der Waals surface area contributed by atoms with Gasteiger partial charge in [-0.25, -0.2) is 4.98 Å². The number of nitrogens with one attached hydrogen (secondary N) is 1. The monoisotopic (exact) mass is 198 g/mol. The second kappa shape index (κ2) is 4.81. The third kappa shape index (κ3) is 3.02. The molecule has 0 atom stereocenters. The summed E-state index contributed by atoms with van der Waals surface area (Å²) in [5.74, 6) is 0.488. The van der Waals surface area contributed by atoms with Gasteiger partial charge in [0.25, 0.3) is 0 Å². The van der Waals surface area contributed by atoms with Crippen LogP contribution in [0, 0.1) is 6.92 Å². The van der Waals surface area contributed by atoms with Crippen LogP contribution in [0.25, 0.3) is 0 Å². The van der Waals surface area contributed by atoms with Gasteiger partial charge < -0.3 is 11.1 Å². The molecule has 1 heterocycles. The van der Waals surface area contributed by atoms with Crippen molar-refractivity contribution in [2.45, 2.75) is 13.3 Å². The smallest absolute Gasteiger partial charge is 0.188 e. The Kier molecular flexibility index (Phi) is 3.70. The lowest BCUT2D eigenvalue weighted by Gasteiger charge is -2.02. The Morgan fingerprint density at radius 2 is 2.54 bits per heavy atom. The molecule has 1 aromatic rings. The number of hydrogen-bond acceptors (Lipinski definition) is 3. The van der Waals surface area contributed by atoms with Crippen LogP contribution < -0.4 is 11.1 Å². The number of guanidine groups is 1. The summed E-state index contributed by atoms with van der Waals surface area (Å²) in [6, 6.07) is 0. The Bertz CT molecular complexity index is 292. The fourth-order valence-electron chi connectivity index (χ4n) is 0.949. The maximum Gasteiger partial charge on any atom is 0.188 e. The molecular formula is C8H14N4S. The number of hydrogen-bond donors (Lipinski definition) is 2. The fourth-order valence-corrected chi connectivity index (χ4v) is 1.73. The van der Waals surface area contributed by atoms with Gasteiger partial charge in [-0.1, -0.05) is 0 Å². The predicted molar refractivity (Wildman–Crippen MR) is 56.1 cm³/mol. The third-order valence-corrected chi connectivity index (χ3v) is 2.74. The van der Waals surface area contributed by atoms with E-state index in [-0.39, 0.29) is 0 Å². The van der Waals surface area contributed by atoms with Crippen LogP contribution in [-0.4, -0.2) is 24.5 Å². The highest BCUT2D eigenvalue weighted by atomic mass is 32.1. The number of aromatic nitrogens is 1. The Morgan fingerprint density at radius 1 is 1.77 bits per heavy atom. The quantitative estimate of drug-likeness (QED) is 0.550. The summed E-state index contributed by atoms with van der Waals surface area (Å²) < 4.78 is 0. The SMILES string of the molecule is CN=C(N)NCCc1scnc1C. The molecule has 0 aliphatic rings. The van der Waals surface area contributed by atoms with Gasteiger partial charge >= 0.3 is 0 Å². The molecule has 0 saturated heterocycles. The van der Waals surface area contributed by atoms with Crippen molar-refractivity contribution in [2.24, 2.45) is 10.7 Å². The van der Waals surface area contributed by atoms with Crippen LogP contribution >= 0.6 is 11.3 Å².